The number of hydrogen-bond donors (Lipinski definition) is 2. The summed E-state index contributed by atoms with van der Waals surface area (Å²) in [6.45, 7) is 0.419. The van der Waals surface area contributed by atoms with Gasteiger partial charge in [-0.05, 0) is 36.2 Å². The Kier molecular flexibility index (Phi) is 3.69. The highest BCUT2D eigenvalue weighted by Gasteiger charge is 2.08. The summed E-state index contributed by atoms with van der Waals surface area (Å²) >= 11 is 0. The van der Waals surface area contributed by atoms with Crippen LogP contribution in [0.1, 0.15) is 15.9 Å². The summed E-state index contributed by atoms with van der Waals surface area (Å²) < 4.78 is 14.1. The zero-order chi connectivity index (χ0) is 15.5. The lowest BCUT2D eigenvalue weighted by Gasteiger charge is -2.05. The van der Waals surface area contributed by atoms with Crippen LogP contribution in [0.5, 0.6) is 0 Å². The first-order valence-corrected chi connectivity index (χ1v) is 6.73. The first-order valence-electron chi connectivity index (χ1n) is 6.73. The van der Waals surface area contributed by atoms with Gasteiger partial charge in [0.2, 0.25) is 0 Å². The Hall–Kier alpha value is -2.96. The van der Waals surface area contributed by atoms with E-state index in [2.05, 4.69) is 15.5 Å². The van der Waals surface area contributed by atoms with E-state index in [1.165, 1.54) is 22.7 Å². The van der Waals surface area contributed by atoms with Crippen molar-refractivity contribution < 1.29 is 9.18 Å². The maximum atomic E-state index is 12.8. The molecular formula is C15H13FN4O2. The minimum absolute atomic E-state index is 0.280. The summed E-state index contributed by atoms with van der Waals surface area (Å²) in [7, 11) is 0. The van der Waals surface area contributed by atoms with Crippen LogP contribution in [0.2, 0.25) is 0 Å². The number of amides is 1. The molecule has 3 rings (SSSR count). The Morgan fingerprint density at radius 1 is 1.23 bits per heavy atom. The normalized spacial score (nSPS) is 10.8. The first kappa shape index (κ1) is 14.0. The molecule has 0 aliphatic heterocycles. The average molecular weight is 300 g/mol. The zero-order valence-electron chi connectivity index (χ0n) is 11.5. The number of fused-ring (bicyclic) bond motifs is 1. The number of benzene rings is 1. The van der Waals surface area contributed by atoms with Gasteiger partial charge in [0.25, 0.3) is 5.91 Å². The molecule has 0 aliphatic carbocycles. The topological polar surface area (TPSA) is 79.3 Å². The van der Waals surface area contributed by atoms with Gasteiger partial charge in [-0.15, -0.1) is 0 Å². The minimum atomic E-state index is -0.393. The fourth-order valence-electron chi connectivity index (χ4n) is 2.11. The Labute approximate surface area is 124 Å². The number of halogens is 1. The summed E-state index contributed by atoms with van der Waals surface area (Å²) in [6, 6.07) is 9.32. The van der Waals surface area contributed by atoms with Crippen molar-refractivity contribution in [3.05, 3.63) is 70.0 Å². The number of aromatic nitrogens is 3. The molecule has 0 saturated heterocycles. The van der Waals surface area contributed by atoms with Crippen LogP contribution in [0.25, 0.3) is 5.65 Å². The van der Waals surface area contributed by atoms with Gasteiger partial charge in [-0.25, -0.2) is 18.7 Å². The second-order valence-electron chi connectivity index (χ2n) is 4.81. The molecule has 0 atom stereocenters. The molecule has 2 aromatic heterocycles. The molecule has 0 spiro atoms. The molecule has 2 N–H and O–H groups in total. The summed E-state index contributed by atoms with van der Waals surface area (Å²) in [6.07, 6.45) is 2.04. The highest BCUT2D eigenvalue weighted by atomic mass is 19.1. The van der Waals surface area contributed by atoms with E-state index in [9.17, 15) is 14.0 Å². The maximum Gasteiger partial charge on any atom is 0.347 e. The van der Waals surface area contributed by atoms with E-state index in [0.29, 0.717) is 24.2 Å². The van der Waals surface area contributed by atoms with Crippen molar-refractivity contribution in [3.63, 3.8) is 0 Å². The third-order valence-corrected chi connectivity index (χ3v) is 3.29. The van der Waals surface area contributed by atoms with Crippen LogP contribution in [0.15, 0.2) is 47.4 Å². The highest BCUT2D eigenvalue weighted by Crippen LogP contribution is 2.04. The summed E-state index contributed by atoms with van der Waals surface area (Å²) in [5.74, 6) is -0.566. The van der Waals surface area contributed by atoms with Crippen LogP contribution in [0, 0.1) is 5.82 Å². The number of hydrogen-bond acceptors (Lipinski definition) is 3. The fraction of sp³-hybridized carbons (Fsp3) is 0.133. The van der Waals surface area contributed by atoms with Crippen molar-refractivity contribution in [2.75, 3.05) is 6.54 Å². The van der Waals surface area contributed by atoms with Crippen molar-refractivity contribution in [3.8, 4) is 0 Å². The van der Waals surface area contributed by atoms with Crippen LogP contribution >= 0.6 is 0 Å². The largest absolute Gasteiger partial charge is 0.352 e. The lowest BCUT2D eigenvalue weighted by molar-refractivity contribution is 0.0953. The molecule has 0 fully saturated rings. The van der Waals surface area contributed by atoms with Crippen molar-refractivity contribution in [2.45, 2.75) is 6.42 Å². The molecule has 0 bridgehead atoms. The number of carbonyl (C=O) groups excluding carboxylic acids is 1. The van der Waals surface area contributed by atoms with Crippen LogP contribution in [-0.4, -0.2) is 27.0 Å². The first-order chi connectivity index (χ1) is 10.6. The second kappa shape index (κ2) is 5.80. The van der Waals surface area contributed by atoms with Gasteiger partial charge in [0, 0.05) is 12.7 Å². The number of pyridine rings is 1. The molecule has 1 aromatic carbocycles. The molecule has 6 nitrogen and oxygen atoms in total. The van der Waals surface area contributed by atoms with E-state index < -0.39 is 5.69 Å². The summed E-state index contributed by atoms with van der Waals surface area (Å²) in [5, 5.41) is 8.86. The molecule has 3 aromatic rings. The predicted molar refractivity (Wildman–Crippen MR) is 78.2 cm³/mol. The van der Waals surface area contributed by atoms with Crippen molar-refractivity contribution in [2.24, 2.45) is 0 Å². The molecular weight excluding hydrogens is 287 g/mol. The minimum Gasteiger partial charge on any atom is -0.352 e. The smallest absolute Gasteiger partial charge is 0.347 e. The van der Waals surface area contributed by atoms with Crippen molar-refractivity contribution >= 4 is 11.6 Å². The molecule has 22 heavy (non-hydrogen) atoms. The molecule has 112 valence electrons. The number of carbonyl (C=O) groups is 1. The second-order valence-corrected chi connectivity index (χ2v) is 4.81. The molecule has 0 radical (unpaired) electrons. The third-order valence-electron chi connectivity index (χ3n) is 3.29. The SMILES string of the molecule is O=C(NCCc1ccc(F)cc1)c1ccc2n[nH]c(=O)n2c1. The van der Waals surface area contributed by atoms with E-state index in [-0.39, 0.29) is 11.7 Å². The molecule has 0 aliphatic rings. The van der Waals surface area contributed by atoms with Crippen molar-refractivity contribution in [1.29, 1.82) is 0 Å². The van der Waals surface area contributed by atoms with Crippen molar-refractivity contribution in [1.82, 2.24) is 19.9 Å². The van der Waals surface area contributed by atoms with E-state index >= 15 is 0 Å². The van der Waals surface area contributed by atoms with Gasteiger partial charge >= 0.3 is 5.69 Å². The molecule has 0 unspecified atom stereocenters. The van der Waals surface area contributed by atoms with Crippen LogP contribution in [0.4, 0.5) is 4.39 Å². The number of H-pyrrole nitrogens is 1. The van der Waals surface area contributed by atoms with E-state index in [1.54, 1.807) is 24.3 Å². The standard InChI is InChI=1S/C15H13FN4O2/c16-12-4-1-10(2-5-12)7-8-17-14(21)11-3-6-13-18-19-15(22)20(13)9-11/h1-6,9H,7-8H2,(H,17,21)(H,19,22). The van der Waals surface area contributed by atoms with Gasteiger partial charge in [0.15, 0.2) is 5.65 Å². The summed E-state index contributed by atoms with van der Waals surface area (Å²) in [5.41, 5.74) is 1.36. The van der Waals surface area contributed by atoms with Gasteiger partial charge in [-0.2, -0.15) is 5.10 Å². The Morgan fingerprint density at radius 3 is 2.77 bits per heavy atom. The van der Waals surface area contributed by atoms with Crippen LogP contribution in [-0.2, 0) is 6.42 Å². The molecule has 0 saturated carbocycles. The van der Waals surface area contributed by atoms with Crippen LogP contribution < -0.4 is 11.0 Å². The lowest BCUT2D eigenvalue weighted by atomic mass is 10.1. The zero-order valence-corrected chi connectivity index (χ0v) is 11.5. The number of nitrogens with one attached hydrogen (secondary N) is 2. The summed E-state index contributed by atoms with van der Waals surface area (Å²) in [4.78, 5) is 23.5. The lowest BCUT2D eigenvalue weighted by Crippen LogP contribution is -2.26. The van der Waals surface area contributed by atoms with Gasteiger partial charge in [0.1, 0.15) is 5.82 Å². The Bertz CT molecular complexity index is 867. The van der Waals surface area contributed by atoms with Crippen LogP contribution in [0.3, 0.4) is 0 Å². The third kappa shape index (κ3) is 2.88. The number of rotatable bonds is 4. The van der Waals surface area contributed by atoms with E-state index in [4.69, 9.17) is 0 Å². The monoisotopic (exact) mass is 300 g/mol. The predicted octanol–water partition coefficient (Wildman–Crippen LogP) is 1.13. The fourth-order valence-corrected chi connectivity index (χ4v) is 2.11. The van der Waals surface area contributed by atoms with Gasteiger partial charge in [-0.3, -0.25) is 4.79 Å². The van der Waals surface area contributed by atoms with Gasteiger partial charge in [-0.1, -0.05) is 12.1 Å². The molecule has 7 heteroatoms. The van der Waals surface area contributed by atoms with E-state index in [1.807, 2.05) is 0 Å². The number of nitrogens with zero attached hydrogens (tertiary/aromatic N) is 2. The number of aromatic amines is 1. The van der Waals surface area contributed by atoms with Gasteiger partial charge in [0.05, 0.1) is 5.56 Å². The Morgan fingerprint density at radius 2 is 2.00 bits per heavy atom. The molecule has 1 amide bonds. The molecule has 2 heterocycles. The quantitative estimate of drug-likeness (QED) is 0.758. The highest BCUT2D eigenvalue weighted by molar-refractivity contribution is 5.94. The van der Waals surface area contributed by atoms with E-state index in [0.717, 1.165) is 5.56 Å². The Balaban J connectivity index is 1.64. The maximum absolute atomic E-state index is 12.8. The average Bonchev–Trinajstić information content (AvgIpc) is 2.90. The van der Waals surface area contributed by atoms with Gasteiger partial charge < -0.3 is 5.32 Å².